The molecule has 5 aromatic rings. The standard InChI is InChI=1S/C36H29Cl2N3O6S2/c1-20-5-4-6-21(15-20)18-47-26-12-8-22(9-13-26)32(42)30-31(23-10-14-28(45-2)29(16-23)46-3)41(34(44)33(30)43)35-39-40-36(49-35)48-19-24-7-11-25(37)17-27(24)38/h4-17,31,42H,18-19H2,1-3H3. The molecule has 0 radical (unpaired) electrons. The molecule has 4 aromatic carbocycles. The number of ether oxygens (including phenoxy) is 3. The van der Waals surface area contributed by atoms with Crippen molar-refractivity contribution in [1.82, 2.24) is 10.2 Å². The summed E-state index contributed by atoms with van der Waals surface area (Å²) in [7, 11) is 3.00. The van der Waals surface area contributed by atoms with Crippen molar-refractivity contribution in [2.45, 2.75) is 29.7 Å². The fraction of sp³-hybridized carbons (Fsp3) is 0.167. The third-order valence-electron chi connectivity index (χ3n) is 7.75. The number of carbonyl (C=O) groups excluding carboxylic acids is 2. The number of aliphatic hydroxyl groups excluding tert-OH is 1. The van der Waals surface area contributed by atoms with Gasteiger partial charge in [-0.15, -0.1) is 10.2 Å². The molecule has 1 aliphatic rings. The number of amides is 1. The number of anilines is 1. The van der Waals surface area contributed by atoms with E-state index in [4.69, 9.17) is 37.4 Å². The van der Waals surface area contributed by atoms with Crippen molar-refractivity contribution in [2.75, 3.05) is 19.1 Å². The minimum Gasteiger partial charge on any atom is -0.507 e. The minimum atomic E-state index is -1.05. The molecule has 1 aliphatic heterocycles. The Balaban J connectivity index is 1.33. The average Bonchev–Trinajstić information content (AvgIpc) is 3.68. The lowest BCUT2D eigenvalue weighted by molar-refractivity contribution is -0.132. The SMILES string of the molecule is COc1ccc(C2C(=C(O)c3ccc(OCc4cccc(C)c4)cc3)C(=O)C(=O)N2c2nnc(SCc3ccc(Cl)cc3Cl)s2)cc1OC. The molecular weight excluding hydrogens is 705 g/mol. The number of halogens is 2. The first kappa shape index (κ1) is 34.3. The molecule has 1 amide bonds. The topological polar surface area (TPSA) is 111 Å². The number of nitrogens with zero attached hydrogens (tertiary/aromatic N) is 3. The molecule has 0 bridgehead atoms. The van der Waals surface area contributed by atoms with Gasteiger partial charge < -0.3 is 19.3 Å². The number of benzene rings is 4. The summed E-state index contributed by atoms with van der Waals surface area (Å²) in [6, 6.07) is 23.9. The van der Waals surface area contributed by atoms with Crippen LogP contribution in [0.1, 0.15) is 33.9 Å². The molecule has 0 saturated carbocycles. The van der Waals surface area contributed by atoms with Gasteiger partial charge in [0.2, 0.25) is 5.13 Å². The van der Waals surface area contributed by atoms with E-state index in [1.807, 2.05) is 37.3 Å². The van der Waals surface area contributed by atoms with Crippen LogP contribution in [0.5, 0.6) is 17.2 Å². The summed E-state index contributed by atoms with van der Waals surface area (Å²) in [5.74, 6) is -0.167. The lowest BCUT2D eigenvalue weighted by Gasteiger charge is -2.23. The van der Waals surface area contributed by atoms with E-state index in [1.165, 1.54) is 30.9 Å². The fourth-order valence-corrected chi connectivity index (χ4v) is 7.76. The number of aromatic nitrogens is 2. The van der Waals surface area contributed by atoms with Crippen molar-refractivity contribution in [3.8, 4) is 17.2 Å². The largest absolute Gasteiger partial charge is 0.507 e. The van der Waals surface area contributed by atoms with Crippen LogP contribution in [-0.2, 0) is 21.9 Å². The molecule has 49 heavy (non-hydrogen) atoms. The zero-order valence-corrected chi connectivity index (χ0v) is 29.6. The van der Waals surface area contributed by atoms with E-state index < -0.39 is 17.7 Å². The van der Waals surface area contributed by atoms with E-state index in [9.17, 15) is 14.7 Å². The Labute approximate surface area is 301 Å². The van der Waals surface area contributed by atoms with Crippen LogP contribution in [0.15, 0.2) is 94.8 Å². The van der Waals surface area contributed by atoms with Gasteiger partial charge in [0.05, 0.1) is 25.8 Å². The van der Waals surface area contributed by atoms with E-state index in [0.29, 0.717) is 55.1 Å². The highest BCUT2D eigenvalue weighted by Crippen LogP contribution is 2.46. The quantitative estimate of drug-likeness (QED) is 0.0469. The van der Waals surface area contributed by atoms with Crippen LogP contribution in [0.4, 0.5) is 5.13 Å². The monoisotopic (exact) mass is 733 g/mol. The molecule has 6 rings (SSSR count). The third kappa shape index (κ3) is 7.40. The first-order valence-corrected chi connectivity index (χ1v) is 17.4. The average molecular weight is 735 g/mol. The molecule has 9 nitrogen and oxygen atoms in total. The summed E-state index contributed by atoms with van der Waals surface area (Å²) in [6.45, 7) is 2.38. The predicted octanol–water partition coefficient (Wildman–Crippen LogP) is 8.67. The predicted molar refractivity (Wildman–Crippen MR) is 192 cm³/mol. The molecule has 0 spiro atoms. The van der Waals surface area contributed by atoms with Crippen molar-refractivity contribution in [3.05, 3.63) is 128 Å². The molecule has 1 N–H and O–H groups in total. The minimum absolute atomic E-state index is 0.108. The number of rotatable bonds is 11. The number of ketones is 1. The fourth-order valence-electron chi connectivity index (χ4n) is 5.34. The summed E-state index contributed by atoms with van der Waals surface area (Å²) >= 11 is 14.9. The van der Waals surface area contributed by atoms with Crippen LogP contribution < -0.4 is 19.1 Å². The van der Waals surface area contributed by atoms with Crippen molar-refractivity contribution in [1.29, 1.82) is 0 Å². The second-order valence-corrected chi connectivity index (χ2v) is 14.0. The number of hydrogen-bond donors (Lipinski definition) is 1. The van der Waals surface area contributed by atoms with E-state index in [-0.39, 0.29) is 16.5 Å². The number of Topliss-reactive ketones (excluding diaryl/α,β-unsaturated/α-hetero) is 1. The molecular formula is C36H29Cl2N3O6S2. The molecule has 250 valence electrons. The summed E-state index contributed by atoms with van der Waals surface area (Å²) in [4.78, 5) is 28.7. The summed E-state index contributed by atoms with van der Waals surface area (Å²) in [6.07, 6.45) is 0. The highest BCUT2D eigenvalue weighted by molar-refractivity contribution is 8.00. The number of thioether (sulfide) groups is 1. The van der Waals surface area contributed by atoms with Crippen LogP contribution >= 0.6 is 46.3 Å². The van der Waals surface area contributed by atoms with E-state index in [1.54, 1.807) is 54.6 Å². The smallest absolute Gasteiger partial charge is 0.301 e. The molecule has 1 fully saturated rings. The molecule has 1 unspecified atom stereocenters. The van der Waals surface area contributed by atoms with Gasteiger partial charge in [-0.3, -0.25) is 14.5 Å². The van der Waals surface area contributed by atoms with E-state index in [0.717, 1.165) is 28.0 Å². The lowest BCUT2D eigenvalue weighted by atomic mass is 9.95. The van der Waals surface area contributed by atoms with Gasteiger partial charge >= 0.3 is 5.91 Å². The van der Waals surface area contributed by atoms with Crippen LogP contribution in [0.2, 0.25) is 10.0 Å². The summed E-state index contributed by atoms with van der Waals surface area (Å²) in [5, 5.41) is 21.4. The van der Waals surface area contributed by atoms with Crippen molar-refractivity contribution >= 4 is 68.9 Å². The zero-order valence-electron chi connectivity index (χ0n) is 26.5. The number of hydrogen-bond acceptors (Lipinski definition) is 10. The van der Waals surface area contributed by atoms with Crippen molar-refractivity contribution in [2.24, 2.45) is 0 Å². The van der Waals surface area contributed by atoms with Gasteiger partial charge in [0.15, 0.2) is 15.8 Å². The van der Waals surface area contributed by atoms with Crippen LogP contribution in [0.25, 0.3) is 5.76 Å². The zero-order chi connectivity index (χ0) is 34.7. The number of aliphatic hydroxyl groups is 1. The van der Waals surface area contributed by atoms with E-state index >= 15 is 0 Å². The molecule has 13 heteroatoms. The maximum absolute atomic E-state index is 13.7. The molecule has 2 heterocycles. The molecule has 0 aliphatic carbocycles. The third-order valence-corrected chi connectivity index (χ3v) is 10.4. The number of methoxy groups -OCH3 is 2. The van der Waals surface area contributed by atoms with Gasteiger partial charge in [0.1, 0.15) is 18.1 Å². The van der Waals surface area contributed by atoms with Crippen molar-refractivity contribution in [3.63, 3.8) is 0 Å². The second-order valence-electron chi connectivity index (χ2n) is 11.0. The Morgan fingerprint density at radius 3 is 2.43 bits per heavy atom. The highest BCUT2D eigenvalue weighted by Gasteiger charge is 2.48. The Morgan fingerprint density at radius 2 is 1.71 bits per heavy atom. The highest BCUT2D eigenvalue weighted by atomic mass is 35.5. The lowest BCUT2D eigenvalue weighted by Crippen LogP contribution is -2.29. The number of aryl methyl sites for hydroxylation is 1. The maximum atomic E-state index is 13.7. The Bertz CT molecular complexity index is 2070. The Morgan fingerprint density at radius 1 is 0.939 bits per heavy atom. The van der Waals surface area contributed by atoms with Crippen molar-refractivity contribution < 1.29 is 28.9 Å². The first-order chi connectivity index (χ1) is 23.7. The maximum Gasteiger partial charge on any atom is 0.301 e. The van der Waals surface area contributed by atoms with Crippen LogP contribution in [-0.4, -0.2) is 41.2 Å². The Kier molecular flexibility index (Phi) is 10.4. The van der Waals surface area contributed by atoms with Crippen LogP contribution in [0.3, 0.4) is 0 Å². The second kappa shape index (κ2) is 14.9. The first-order valence-electron chi connectivity index (χ1n) is 14.9. The van der Waals surface area contributed by atoms with E-state index in [2.05, 4.69) is 10.2 Å². The van der Waals surface area contributed by atoms with Gasteiger partial charge in [-0.05, 0) is 72.1 Å². The molecule has 1 aromatic heterocycles. The van der Waals surface area contributed by atoms with Gasteiger partial charge in [-0.1, -0.05) is 88.3 Å². The van der Waals surface area contributed by atoms with Gasteiger partial charge in [-0.2, -0.15) is 0 Å². The van der Waals surface area contributed by atoms with Gasteiger partial charge in [-0.25, -0.2) is 0 Å². The van der Waals surface area contributed by atoms with Gasteiger partial charge in [0, 0.05) is 21.4 Å². The normalized spacial score (nSPS) is 15.4. The summed E-state index contributed by atoms with van der Waals surface area (Å²) in [5.41, 5.74) is 3.73. The van der Waals surface area contributed by atoms with Gasteiger partial charge in [0.25, 0.3) is 5.78 Å². The summed E-state index contributed by atoms with van der Waals surface area (Å²) < 4.78 is 17.4. The Hall–Kier alpha value is -4.55. The number of carbonyl (C=O) groups is 2. The van der Waals surface area contributed by atoms with Crippen LogP contribution in [0, 0.1) is 6.92 Å². The molecule has 1 saturated heterocycles. The molecule has 1 atom stereocenters.